The van der Waals surface area contributed by atoms with Crippen LogP contribution >= 0.6 is 0 Å². The van der Waals surface area contributed by atoms with E-state index >= 15 is 0 Å². The molecule has 0 bridgehead atoms. The van der Waals surface area contributed by atoms with Crippen LogP contribution in [0.25, 0.3) is 0 Å². The van der Waals surface area contributed by atoms with Crippen LogP contribution in [0.4, 0.5) is 5.69 Å². The van der Waals surface area contributed by atoms with Gasteiger partial charge in [-0.15, -0.1) is 0 Å². The lowest BCUT2D eigenvalue weighted by Gasteiger charge is -2.34. The lowest BCUT2D eigenvalue weighted by Crippen LogP contribution is -2.50. The summed E-state index contributed by atoms with van der Waals surface area (Å²) in [6.07, 6.45) is 0.242. The molecule has 1 aliphatic rings. The van der Waals surface area contributed by atoms with Crippen LogP contribution in [0.15, 0.2) is 48.5 Å². The number of benzene rings is 2. The second-order valence-corrected chi connectivity index (χ2v) is 8.84. The lowest BCUT2D eigenvalue weighted by atomic mass is 10.0. The third-order valence-corrected chi connectivity index (χ3v) is 5.78. The number of hydrogen-bond donors (Lipinski definition) is 1. The van der Waals surface area contributed by atoms with Crippen molar-refractivity contribution in [2.45, 2.75) is 25.9 Å². The summed E-state index contributed by atoms with van der Waals surface area (Å²) in [6, 6.07) is 15.2. The number of rotatable bonds is 5. The van der Waals surface area contributed by atoms with E-state index in [-0.39, 0.29) is 18.4 Å². The van der Waals surface area contributed by atoms with Crippen molar-refractivity contribution in [3.63, 3.8) is 0 Å². The van der Waals surface area contributed by atoms with Crippen molar-refractivity contribution in [1.29, 1.82) is 0 Å². The first-order chi connectivity index (χ1) is 12.8. The molecule has 2 aromatic rings. The lowest BCUT2D eigenvalue weighted by molar-refractivity contribution is -0.127. The minimum atomic E-state index is -3.52. The first-order valence-electron chi connectivity index (χ1n) is 8.83. The van der Waals surface area contributed by atoms with Crippen LogP contribution in [0, 0.1) is 6.92 Å². The van der Waals surface area contributed by atoms with E-state index < -0.39 is 16.1 Å². The zero-order chi connectivity index (χ0) is 19.6. The van der Waals surface area contributed by atoms with Gasteiger partial charge in [0.2, 0.25) is 10.0 Å². The number of amides is 1. The Hall–Kier alpha value is -2.54. The van der Waals surface area contributed by atoms with E-state index in [1.807, 2.05) is 50.2 Å². The number of carbonyl (C=O) groups is 1. The molecular weight excluding hydrogens is 364 g/mol. The van der Waals surface area contributed by atoms with Crippen LogP contribution < -0.4 is 14.4 Å². The van der Waals surface area contributed by atoms with Crippen LogP contribution in [0.3, 0.4) is 0 Å². The molecule has 1 heterocycles. The number of aryl methyl sites for hydroxylation is 1. The predicted molar refractivity (Wildman–Crippen MR) is 106 cm³/mol. The van der Waals surface area contributed by atoms with Crippen molar-refractivity contribution in [3.8, 4) is 5.75 Å². The average molecular weight is 388 g/mol. The standard InChI is InChI=1S/C20H24N2O4S/c1-14-9-10-17-18(11-14)26-19(13-22(17)27(3,24)25)20(23)21-12-15(2)16-7-5-4-6-8-16/h4-11,15,19H,12-13H2,1-3H3,(H,21,23)/t15-,19-/m1/s1. The van der Waals surface area contributed by atoms with Gasteiger partial charge < -0.3 is 10.1 Å². The number of ether oxygens (including phenoxy) is 1. The maximum atomic E-state index is 12.6. The van der Waals surface area contributed by atoms with E-state index in [1.54, 1.807) is 12.1 Å². The molecule has 0 fully saturated rings. The molecular formula is C20H24N2O4S. The van der Waals surface area contributed by atoms with E-state index in [1.165, 1.54) is 4.31 Å². The Morgan fingerprint density at radius 2 is 1.96 bits per heavy atom. The van der Waals surface area contributed by atoms with E-state index in [4.69, 9.17) is 4.74 Å². The van der Waals surface area contributed by atoms with Gasteiger partial charge >= 0.3 is 0 Å². The molecule has 1 aliphatic heterocycles. The average Bonchev–Trinajstić information content (AvgIpc) is 2.64. The van der Waals surface area contributed by atoms with E-state index in [0.29, 0.717) is 18.0 Å². The van der Waals surface area contributed by atoms with Gasteiger partial charge in [-0.2, -0.15) is 0 Å². The summed E-state index contributed by atoms with van der Waals surface area (Å²) in [5.41, 5.74) is 2.52. The Labute approximate surface area is 160 Å². The van der Waals surface area contributed by atoms with Gasteiger partial charge in [-0.3, -0.25) is 9.10 Å². The highest BCUT2D eigenvalue weighted by Gasteiger charge is 2.35. The third-order valence-electron chi connectivity index (χ3n) is 4.63. The SMILES string of the molecule is Cc1ccc2c(c1)O[C@@H](C(=O)NC[C@@H](C)c1ccccc1)CN2S(C)(=O)=O. The highest BCUT2D eigenvalue weighted by atomic mass is 32.2. The van der Waals surface area contributed by atoms with Crippen molar-refractivity contribution < 1.29 is 17.9 Å². The van der Waals surface area contributed by atoms with Gasteiger partial charge in [-0.05, 0) is 36.1 Å². The molecule has 3 rings (SSSR count). The van der Waals surface area contributed by atoms with Crippen molar-refractivity contribution in [1.82, 2.24) is 5.32 Å². The van der Waals surface area contributed by atoms with E-state index in [2.05, 4.69) is 5.32 Å². The Balaban J connectivity index is 1.74. The second kappa shape index (κ2) is 7.60. The van der Waals surface area contributed by atoms with Gasteiger partial charge in [0.25, 0.3) is 5.91 Å². The topological polar surface area (TPSA) is 75.7 Å². The molecule has 0 spiro atoms. The maximum Gasteiger partial charge on any atom is 0.263 e. The van der Waals surface area contributed by atoms with Crippen molar-refractivity contribution >= 4 is 21.6 Å². The summed E-state index contributed by atoms with van der Waals surface area (Å²) < 4.78 is 31.4. The normalized spacial score (nSPS) is 17.6. The molecule has 7 heteroatoms. The highest BCUT2D eigenvalue weighted by molar-refractivity contribution is 7.92. The van der Waals surface area contributed by atoms with Crippen LogP contribution in [0.2, 0.25) is 0 Å². The largest absolute Gasteiger partial charge is 0.476 e. The summed E-state index contributed by atoms with van der Waals surface area (Å²) in [4.78, 5) is 12.6. The number of sulfonamides is 1. The van der Waals surface area contributed by atoms with Gasteiger partial charge in [-0.25, -0.2) is 8.42 Å². The Kier molecular flexibility index (Phi) is 5.41. The molecule has 144 valence electrons. The Morgan fingerprint density at radius 1 is 1.26 bits per heavy atom. The minimum Gasteiger partial charge on any atom is -0.476 e. The smallest absolute Gasteiger partial charge is 0.263 e. The quantitative estimate of drug-likeness (QED) is 0.854. The van der Waals surface area contributed by atoms with Crippen LogP contribution in [0.5, 0.6) is 5.75 Å². The molecule has 6 nitrogen and oxygen atoms in total. The van der Waals surface area contributed by atoms with Crippen LogP contribution in [-0.4, -0.2) is 39.8 Å². The number of nitrogens with zero attached hydrogens (tertiary/aromatic N) is 1. The molecule has 27 heavy (non-hydrogen) atoms. The van der Waals surface area contributed by atoms with Crippen LogP contribution in [-0.2, 0) is 14.8 Å². The molecule has 0 aliphatic carbocycles. The fraction of sp³-hybridized carbons (Fsp3) is 0.350. The summed E-state index contributed by atoms with van der Waals surface area (Å²) in [7, 11) is -3.52. The molecule has 0 aromatic heterocycles. The van der Waals surface area contributed by atoms with Crippen molar-refractivity contribution in [2.75, 3.05) is 23.7 Å². The Morgan fingerprint density at radius 3 is 2.63 bits per heavy atom. The molecule has 1 amide bonds. The fourth-order valence-corrected chi connectivity index (χ4v) is 3.99. The first-order valence-corrected chi connectivity index (χ1v) is 10.7. The molecule has 1 N–H and O–H groups in total. The number of fused-ring (bicyclic) bond motifs is 1. The molecule has 2 atom stereocenters. The predicted octanol–water partition coefficient (Wildman–Crippen LogP) is 2.44. The molecule has 0 saturated carbocycles. The summed E-state index contributed by atoms with van der Waals surface area (Å²) in [6.45, 7) is 4.32. The molecule has 0 saturated heterocycles. The Bertz CT molecular complexity index is 928. The molecule has 0 unspecified atom stereocenters. The second-order valence-electron chi connectivity index (χ2n) is 6.93. The van der Waals surface area contributed by atoms with E-state index in [9.17, 15) is 13.2 Å². The number of nitrogens with one attached hydrogen (secondary N) is 1. The van der Waals surface area contributed by atoms with Gasteiger partial charge in [0.1, 0.15) is 5.75 Å². The van der Waals surface area contributed by atoms with Gasteiger partial charge in [-0.1, -0.05) is 43.3 Å². The van der Waals surface area contributed by atoms with Crippen molar-refractivity contribution in [3.05, 3.63) is 59.7 Å². The summed E-state index contributed by atoms with van der Waals surface area (Å²) in [5.74, 6) is 0.223. The minimum absolute atomic E-state index is 0.0412. The summed E-state index contributed by atoms with van der Waals surface area (Å²) in [5, 5.41) is 2.88. The van der Waals surface area contributed by atoms with Crippen LogP contribution in [0.1, 0.15) is 24.0 Å². The molecule has 2 aromatic carbocycles. The third kappa shape index (κ3) is 4.42. The highest BCUT2D eigenvalue weighted by Crippen LogP contribution is 2.35. The zero-order valence-electron chi connectivity index (χ0n) is 15.7. The summed E-state index contributed by atoms with van der Waals surface area (Å²) >= 11 is 0. The zero-order valence-corrected chi connectivity index (χ0v) is 16.5. The monoisotopic (exact) mass is 388 g/mol. The van der Waals surface area contributed by atoms with Gasteiger partial charge in [0, 0.05) is 6.54 Å². The van der Waals surface area contributed by atoms with E-state index in [0.717, 1.165) is 17.4 Å². The fourth-order valence-electron chi connectivity index (χ4n) is 3.08. The molecule has 0 radical (unpaired) electrons. The first kappa shape index (κ1) is 19.2. The number of anilines is 1. The maximum absolute atomic E-state index is 12.6. The number of hydrogen-bond acceptors (Lipinski definition) is 4. The van der Waals surface area contributed by atoms with Gasteiger partial charge in [0.15, 0.2) is 6.10 Å². The number of carbonyl (C=O) groups excluding carboxylic acids is 1. The van der Waals surface area contributed by atoms with Crippen molar-refractivity contribution in [2.24, 2.45) is 0 Å². The van der Waals surface area contributed by atoms with Gasteiger partial charge in [0.05, 0.1) is 18.5 Å².